The van der Waals surface area contributed by atoms with Crippen LogP contribution in [0.1, 0.15) is 17.3 Å². The molecule has 1 aromatic rings. The van der Waals surface area contributed by atoms with Gasteiger partial charge >= 0.3 is 0 Å². The van der Waals surface area contributed by atoms with Gasteiger partial charge in [-0.05, 0) is 31.2 Å². The molecule has 0 fully saturated rings. The van der Waals surface area contributed by atoms with Crippen LogP contribution in [0, 0.1) is 5.82 Å². The average Bonchev–Trinajstić information content (AvgIpc) is 2.17. The van der Waals surface area contributed by atoms with Gasteiger partial charge in [-0.25, -0.2) is 4.39 Å². The van der Waals surface area contributed by atoms with Crippen LogP contribution in [0.2, 0.25) is 0 Å². The fraction of sp³-hybridized carbons (Fsp3) is 0.111. The average molecular weight is 181 g/mol. The number of ketones is 1. The summed E-state index contributed by atoms with van der Waals surface area (Å²) in [7, 11) is 0. The maximum Gasteiger partial charge on any atom is 0.210 e. The Hall–Kier alpha value is -1.71. The lowest BCUT2D eigenvalue weighted by Gasteiger charge is -1.97. The molecular formula is C9H8FNO2. The Labute approximate surface area is 74.5 Å². The maximum atomic E-state index is 12.4. The second-order valence-corrected chi connectivity index (χ2v) is 2.52. The van der Waals surface area contributed by atoms with Crippen molar-refractivity contribution in [1.29, 1.82) is 0 Å². The lowest BCUT2D eigenvalue weighted by Crippen LogP contribution is -2.10. The largest absolute Gasteiger partial charge is 0.411 e. The number of carbonyl (C=O) groups excluding carboxylic acids is 1. The molecule has 0 saturated heterocycles. The normalized spacial score (nSPS) is 11.4. The molecule has 0 aliphatic rings. The molecule has 0 spiro atoms. The van der Waals surface area contributed by atoms with Crippen LogP contribution in [0.25, 0.3) is 0 Å². The summed E-state index contributed by atoms with van der Waals surface area (Å²) in [5.41, 5.74) is 0.281. The van der Waals surface area contributed by atoms with E-state index in [4.69, 9.17) is 5.21 Å². The summed E-state index contributed by atoms with van der Waals surface area (Å²) >= 11 is 0. The molecule has 3 nitrogen and oxygen atoms in total. The highest BCUT2D eigenvalue weighted by molar-refractivity contribution is 6.45. The molecule has 0 saturated carbocycles. The summed E-state index contributed by atoms with van der Waals surface area (Å²) in [4.78, 5) is 11.3. The summed E-state index contributed by atoms with van der Waals surface area (Å²) < 4.78 is 12.4. The summed E-state index contributed by atoms with van der Waals surface area (Å²) in [5.74, 6) is -0.822. The van der Waals surface area contributed by atoms with Crippen molar-refractivity contribution in [3.05, 3.63) is 35.6 Å². The standard InChI is InChI=1S/C9H8FNO2/c1-6(11-13)9(12)7-2-4-8(10)5-3-7/h2-5,13H,1H3/b11-6-. The van der Waals surface area contributed by atoms with Gasteiger partial charge in [-0.3, -0.25) is 4.79 Å². The number of benzene rings is 1. The molecule has 0 aliphatic heterocycles. The van der Waals surface area contributed by atoms with E-state index < -0.39 is 11.6 Å². The Morgan fingerprint density at radius 1 is 1.38 bits per heavy atom. The van der Waals surface area contributed by atoms with Crippen LogP contribution in [0.5, 0.6) is 0 Å². The van der Waals surface area contributed by atoms with Crippen molar-refractivity contribution in [2.45, 2.75) is 6.92 Å². The first-order chi connectivity index (χ1) is 6.15. The van der Waals surface area contributed by atoms with Crippen LogP contribution in [-0.2, 0) is 0 Å². The van der Waals surface area contributed by atoms with Crippen LogP contribution in [0.15, 0.2) is 29.4 Å². The first-order valence-corrected chi connectivity index (χ1v) is 3.64. The highest BCUT2D eigenvalue weighted by atomic mass is 19.1. The summed E-state index contributed by atoms with van der Waals surface area (Å²) in [5, 5.41) is 11.1. The number of rotatable bonds is 2. The van der Waals surface area contributed by atoms with E-state index in [9.17, 15) is 9.18 Å². The van der Waals surface area contributed by atoms with Gasteiger partial charge in [0.2, 0.25) is 5.78 Å². The molecule has 0 heterocycles. The number of carbonyl (C=O) groups is 1. The number of oxime groups is 1. The quantitative estimate of drug-likeness (QED) is 0.327. The number of hydrogen-bond donors (Lipinski definition) is 1. The van der Waals surface area contributed by atoms with Gasteiger partial charge in [0, 0.05) is 5.56 Å². The van der Waals surface area contributed by atoms with E-state index >= 15 is 0 Å². The van der Waals surface area contributed by atoms with E-state index in [2.05, 4.69) is 5.16 Å². The molecule has 0 amide bonds. The zero-order valence-corrected chi connectivity index (χ0v) is 6.99. The van der Waals surface area contributed by atoms with Gasteiger partial charge in [-0.15, -0.1) is 0 Å². The van der Waals surface area contributed by atoms with Gasteiger partial charge in [0.25, 0.3) is 0 Å². The van der Waals surface area contributed by atoms with Crippen LogP contribution in [0.3, 0.4) is 0 Å². The molecule has 0 aromatic heterocycles. The Balaban J connectivity index is 2.97. The molecule has 0 bridgehead atoms. The lowest BCUT2D eigenvalue weighted by atomic mass is 10.1. The van der Waals surface area contributed by atoms with E-state index in [0.717, 1.165) is 0 Å². The van der Waals surface area contributed by atoms with E-state index in [1.54, 1.807) is 0 Å². The monoisotopic (exact) mass is 181 g/mol. The second-order valence-electron chi connectivity index (χ2n) is 2.52. The predicted octanol–water partition coefficient (Wildman–Crippen LogP) is 1.86. The topological polar surface area (TPSA) is 49.7 Å². The van der Waals surface area contributed by atoms with Crippen molar-refractivity contribution >= 4 is 11.5 Å². The molecule has 4 heteroatoms. The van der Waals surface area contributed by atoms with Crippen molar-refractivity contribution in [1.82, 2.24) is 0 Å². The minimum atomic E-state index is -0.414. The second kappa shape index (κ2) is 3.80. The minimum Gasteiger partial charge on any atom is -0.411 e. The van der Waals surface area contributed by atoms with E-state index in [-0.39, 0.29) is 5.71 Å². The van der Waals surface area contributed by atoms with Crippen LogP contribution >= 0.6 is 0 Å². The highest BCUT2D eigenvalue weighted by Gasteiger charge is 2.09. The Morgan fingerprint density at radius 2 is 1.92 bits per heavy atom. The van der Waals surface area contributed by atoms with Crippen LogP contribution < -0.4 is 0 Å². The van der Waals surface area contributed by atoms with Gasteiger partial charge < -0.3 is 5.21 Å². The number of hydrogen-bond acceptors (Lipinski definition) is 3. The Kier molecular flexibility index (Phi) is 2.74. The smallest absolute Gasteiger partial charge is 0.210 e. The number of Topliss-reactive ketones (excluding diaryl/α,β-unsaturated/α-hetero) is 1. The Morgan fingerprint density at radius 3 is 2.38 bits per heavy atom. The summed E-state index contributed by atoms with van der Waals surface area (Å²) in [6.45, 7) is 1.38. The molecule has 0 radical (unpaired) electrons. The van der Waals surface area contributed by atoms with Gasteiger partial charge in [-0.1, -0.05) is 5.16 Å². The van der Waals surface area contributed by atoms with Crippen molar-refractivity contribution in [3.8, 4) is 0 Å². The third kappa shape index (κ3) is 2.11. The molecular weight excluding hydrogens is 173 g/mol. The van der Waals surface area contributed by atoms with E-state index in [1.807, 2.05) is 0 Å². The summed E-state index contributed by atoms with van der Waals surface area (Å²) in [6.07, 6.45) is 0. The SMILES string of the molecule is C/C(=N/O)C(=O)c1ccc(F)cc1. The number of halogens is 1. The van der Waals surface area contributed by atoms with Gasteiger partial charge in [0.1, 0.15) is 11.5 Å². The minimum absolute atomic E-state index is 0.0217. The lowest BCUT2D eigenvalue weighted by molar-refractivity contribution is 0.106. The molecule has 1 aromatic carbocycles. The van der Waals surface area contributed by atoms with E-state index in [1.165, 1.54) is 31.2 Å². The van der Waals surface area contributed by atoms with Crippen molar-refractivity contribution in [2.75, 3.05) is 0 Å². The van der Waals surface area contributed by atoms with Crippen LogP contribution in [-0.4, -0.2) is 16.7 Å². The zero-order chi connectivity index (χ0) is 9.84. The molecule has 0 atom stereocenters. The van der Waals surface area contributed by atoms with Gasteiger partial charge in [-0.2, -0.15) is 0 Å². The van der Waals surface area contributed by atoms with E-state index in [0.29, 0.717) is 5.56 Å². The molecule has 1 rings (SSSR count). The fourth-order valence-electron chi connectivity index (χ4n) is 0.856. The third-order valence-corrected chi connectivity index (χ3v) is 1.59. The van der Waals surface area contributed by atoms with Crippen molar-refractivity contribution in [2.24, 2.45) is 5.16 Å². The predicted molar refractivity (Wildman–Crippen MR) is 45.6 cm³/mol. The molecule has 0 unspecified atom stereocenters. The van der Waals surface area contributed by atoms with Crippen LogP contribution in [0.4, 0.5) is 4.39 Å². The van der Waals surface area contributed by atoms with Gasteiger partial charge in [0.05, 0.1) is 0 Å². The summed E-state index contributed by atoms with van der Waals surface area (Å²) in [6, 6.07) is 5.04. The number of nitrogens with zero attached hydrogens (tertiary/aromatic N) is 1. The maximum absolute atomic E-state index is 12.4. The molecule has 68 valence electrons. The van der Waals surface area contributed by atoms with Gasteiger partial charge in [0.15, 0.2) is 0 Å². The zero-order valence-electron chi connectivity index (χ0n) is 6.99. The first kappa shape index (κ1) is 9.38. The first-order valence-electron chi connectivity index (χ1n) is 3.64. The fourth-order valence-corrected chi connectivity index (χ4v) is 0.856. The molecule has 13 heavy (non-hydrogen) atoms. The van der Waals surface area contributed by atoms with Crippen molar-refractivity contribution < 1.29 is 14.4 Å². The highest BCUT2D eigenvalue weighted by Crippen LogP contribution is 2.04. The van der Waals surface area contributed by atoms with Crippen molar-refractivity contribution in [3.63, 3.8) is 0 Å². The molecule has 0 aliphatic carbocycles. The Bertz CT molecular complexity index is 343. The molecule has 1 N–H and O–H groups in total. The third-order valence-electron chi connectivity index (χ3n) is 1.59.